The second kappa shape index (κ2) is 7.70. The highest BCUT2D eigenvalue weighted by atomic mass is 16.6. The highest BCUT2D eigenvalue weighted by Gasteiger charge is 2.21. The average molecular weight is 381 g/mol. The fraction of sp³-hybridized carbons (Fsp3) is 0.105. The normalized spacial score (nSPS) is 10.5. The van der Waals surface area contributed by atoms with Gasteiger partial charge in [0.15, 0.2) is 0 Å². The molecule has 0 N–H and O–H groups in total. The predicted octanol–water partition coefficient (Wildman–Crippen LogP) is 4.14. The number of esters is 1. The van der Waals surface area contributed by atoms with Crippen molar-refractivity contribution in [3.8, 4) is 16.8 Å². The van der Waals surface area contributed by atoms with Crippen molar-refractivity contribution in [3.05, 3.63) is 86.7 Å². The third-order valence-electron chi connectivity index (χ3n) is 4.07. The minimum atomic E-state index is -0.590. The molecule has 0 atom stereocenters. The van der Waals surface area contributed by atoms with Gasteiger partial charge >= 0.3 is 5.97 Å². The standard InChI is InChI=1S/C19H15N3O6/c1-2-28-19(23)16-12-20(17-5-3-4-6-18(17)22(26)27)11-15(16)13-7-9-14(10-8-13)21(24)25/h3-12H,2H2,1H3. The third kappa shape index (κ3) is 3.58. The summed E-state index contributed by atoms with van der Waals surface area (Å²) in [5.74, 6) is -0.590. The van der Waals surface area contributed by atoms with E-state index in [1.807, 2.05) is 0 Å². The quantitative estimate of drug-likeness (QED) is 0.360. The summed E-state index contributed by atoms with van der Waals surface area (Å²) in [6.07, 6.45) is 3.02. The fourth-order valence-corrected chi connectivity index (χ4v) is 2.79. The van der Waals surface area contributed by atoms with Crippen LogP contribution in [0.2, 0.25) is 0 Å². The summed E-state index contributed by atoms with van der Waals surface area (Å²) in [6.45, 7) is 1.83. The molecule has 3 aromatic rings. The first kappa shape index (κ1) is 18.8. The smallest absolute Gasteiger partial charge is 0.340 e. The first-order valence-corrected chi connectivity index (χ1v) is 8.30. The molecule has 142 valence electrons. The molecule has 28 heavy (non-hydrogen) atoms. The van der Waals surface area contributed by atoms with Crippen LogP contribution in [0.4, 0.5) is 11.4 Å². The lowest BCUT2D eigenvalue weighted by atomic mass is 10.0. The monoisotopic (exact) mass is 381 g/mol. The maximum absolute atomic E-state index is 12.4. The molecule has 0 amide bonds. The van der Waals surface area contributed by atoms with E-state index in [1.54, 1.807) is 31.3 Å². The number of carbonyl (C=O) groups excluding carboxylic acids is 1. The molecule has 0 aliphatic rings. The first-order chi connectivity index (χ1) is 13.4. The second-order valence-electron chi connectivity index (χ2n) is 5.76. The maximum atomic E-state index is 12.4. The Labute approximate surface area is 159 Å². The van der Waals surface area contributed by atoms with Crippen molar-refractivity contribution in [1.29, 1.82) is 0 Å². The van der Waals surface area contributed by atoms with Crippen LogP contribution in [0.15, 0.2) is 60.9 Å². The molecule has 0 radical (unpaired) electrons. The number of nitrogens with zero attached hydrogens (tertiary/aromatic N) is 3. The zero-order chi connectivity index (χ0) is 20.3. The molecule has 1 aromatic heterocycles. The highest BCUT2D eigenvalue weighted by molar-refractivity contribution is 5.97. The van der Waals surface area contributed by atoms with E-state index < -0.39 is 15.8 Å². The molecule has 1 heterocycles. The van der Waals surface area contributed by atoms with Crippen molar-refractivity contribution in [2.24, 2.45) is 0 Å². The van der Waals surface area contributed by atoms with Crippen LogP contribution < -0.4 is 0 Å². The molecule has 9 nitrogen and oxygen atoms in total. The first-order valence-electron chi connectivity index (χ1n) is 8.30. The molecule has 0 saturated carbocycles. The lowest BCUT2D eigenvalue weighted by molar-refractivity contribution is -0.384. The summed E-state index contributed by atoms with van der Waals surface area (Å²) >= 11 is 0. The number of benzene rings is 2. The SMILES string of the molecule is CCOC(=O)c1cn(-c2ccccc2[N+](=O)[O-])cc1-c1ccc([N+](=O)[O-])cc1. The Balaban J connectivity index is 2.15. The van der Waals surface area contributed by atoms with Crippen LogP contribution in [0.1, 0.15) is 17.3 Å². The molecule has 0 bridgehead atoms. The van der Waals surface area contributed by atoms with E-state index in [2.05, 4.69) is 0 Å². The molecular weight excluding hydrogens is 366 g/mol. The van der Waals surface area contributed by atoms with Gasteiger partial charge in [0.2, 0.25) is 0 Å². The number of nitro benzene ring substituents is 2. The van der Waals surface area contributed by atoms with Crippen molar-refractivity contribution in [2.75, 3.05) is 6.61 Å². The second-order valence-corrected chi connectivity index (χ2v) is 5.76. The molecule has 0 saturated heterocycles. The van der Waals surface area contributed by atoms with E-state index >= 15 is 0 Å². The van der Waals surface area contributed by atoms with Crippen LogP contribution in [0, 0.1) is 20.2 Å². The molecule has 0 aliphatic heterocycles. The Hall–Kier alpha value is -4.01. The maximum Gasteiger partial charge on any atom is 0.340 e. The number of ether oxygens (including phenoxy) is 1. The number of hydrogen-bond acceptors (Lipinski definition) is 6. The van der Waals surface area contributed by atoms with Gasteiger partial charge in [-0.1, -0.05) is 12.1 Å². The Morgan fingerprint density at radius 3 is 2.29 bits per heavy atom. The molecule has 2 aromatic carbocycles. The number of para-hydroxylation sites is 2. The van der Waals surface area contributed by atoms with Gasteiger partial charge in [-0.3, -0.25) is 20.2 Å². The third-order valence-corrected chi connectivity index (χ3v) is 4.07. The molecular formula is C19H15N3O6. The van der Waals surface area contributed by atoms with Crippen molar-refractivity contribution < 1.29 is 19.4 Å². The van der Waals surface area contributed by atoms with E-state index in [1.165, 1.54) is 41.1 Å². The molecule has 9 heteroatoms. The van der Waals surface area contributed by atoms with Crippen molar-refractivity contribution in [2.45, 2.75) is 6.92 Å². The largest absolute Gasteiger partial charge is 0.462 e. The number of rotatable bonds is 6. The lowest BCUT2D eigenvalue weighted by Gasteiger charge is -2.03. The van der Waals surface area contributed by atoms with Crippen LogP contribution in [-0.4, -0.2) is 27.0 Å². The van der Waals surface area contributed by atoms with Crippen molar-refractivity contribution in [3.63, 3.8) is 0 Å². The van der Waals surface area contributed by atoms with Gasteiger partial charge in [-0.05, 0) is 30.7 Å². The van der Waals surface area contributed by atoms with E-state index in [0.717, 1.165) is 0 Å². The van der Waals surface area contributed by atoms with Crippen LogP contribution >= 0.6 is 0 Å². The topological polar surface area (TPSA) is 118 Å². The van der Waals surface area contributed by atoms with E-state index in [9.17, 15) is 25.0 Å². The van der Waals surface area contributed by atoms with Gasteiger partial charge in [0, 0.05) is 36.2 Å². The molecule has 0 spiro atoms. The van der Waals surface area contributed by atoms with Crippen LogP contribution in [0.25, 0.3) is 16.8 Å². The highest BCUT2D eigenvalue weighted by Crippen LogP contribution is 2.31. The minimum absolute atomic E-state index is 0.0837. The van der Waals surface area contributed by atoms with E-state index in [4.69, 9.17) is 4.74 Å². The Morgan fingerprint density at radius 1 is 1.00 bits per heavy atom. The molecule has 0 unspecified atom stereocenters. The number of carbonyl (C=O) groups is 1. The van der Waals surface area contributed by atoms with E-state index in [-0.39, 0.29) is 29.2 Å². The van der Waals surface area contributed by atoms with Crippen molar-refractivity contribution >= 4 is 17.3 Å². The zero-order valence-corrected chi connectivity index (χ0v) is 14.8. The number of hydrogen-bond donors (Lipinski definition) is 0. The van der Waals surface area contributed by atoms with Crippen LogP contribution in [0.3, 0.4) is 0 Å². The summed E-state index contributed by atoms with van der Waals surface area (Å²) < 4.78 is 6.56. The van der Waals surface area contributed by atoms with Gasteiger partial charge in [-0.2, -0.15) is 0 Å². The predicted molar refractivity (Wildman–Crippen MR) is 100 cm³/mol. The minimum Gasteiger partial charge on any atom is -0.462 e. The molecule has 3 rings (SSSR count). The summed E-state index contributed by atoms with van der Waals surface area (Å²) in [7, 11) is 0. The van der Waals surface area contributed by atoms with E-state index in [0.29, 0.717) is 11.1 Å². The van der Waals surface area contributed by atoms with Gasteiger partial charge in [0.05, 0.1) is 22.0 Å². The average Bonchev–Trinajstić information content (AvgIpc) is 3.13. The lowest BCUT2D eigenvalue weighted by Crippen LogP contribution is -2.05. The van der Waals surface area contributed by atoms with Gasteiger partial charge in [-0.25, -0.2) is 4.79 Å². The van der Waals surface area contributed by atoms with Crippen LogP contribution in [0.5, 0.6) is 0 Å². The Morgan fingerprint density at radius 2 is 1.68 bits per heavy atom. The Bertz CT molecular complexity index is 1060. The van der Waals surface area contributed by atoms with Gasteiger partial charge in [-0.15, -0.1) is 0 Å². The van der Waals surface area contributed by atoms with Crippen molar-refractivity contribution in [1.82, 2.24) is 4.57 Å². The van der Waals surface area contributed by atoms with Crippen LogP contribution in [-0.2, 0) is 4.74 Å². The molecule has 0 aliphatic carbocycles. The Kier molecular flexibility index (Phi) is 5.16. The number of non-ortho nitro benzene ring substituents is 1. The molecule has 0 fully saturated rings. The summed E-state index contributed by atoms with van der Waals surface area (Å²) in [5.41, 5.74) is 1.28. The zero-order valence-electron chi connectivity index (χ0n) is 14.8. The summed E-state index contributed by atoms with van der Waals surface area (Å²) in [4.78, 5) is 33.6. The fourth-order valence-electron chi connectivity index (χ4n) is 2.79. The summed E-state index contributed by atoms with van der Waals surface area (Å²) in [6, 6.07) is 11.8. The number of nitro groups is 2. The summed E-state index contributed by atoms with van der Waals surface area (Å²) in [5, 5.41) is 22.2. The number of aromatic nitrogens is 1. The van der Waals surface area contributed by atoms with Gasteiger partial charge in [0.25, 0.3) is 11.4 Å². The van der Waals surface area contributed by atoms with Gasteiger partial charge < -0.3 is 9.30 Å². The van der Waals surface area contributed by atoms with Gasteiger partial charge in [0.1, 0.15) is 5.69 Å².